The van der Waals surface area contributed by atoms with Crippen LogP contribution < -0.4 is 23.0 Å². The van der Waals surface area contributed by atoms with Crippen molar-refractivity contribution in [3.05, 3.63) is 0 Å². The van der Waals surface area contributed by atoms with Gasteiger partial charge in [0.2, 0.25) is 5.91 Å². The number of rotatable bonds is 5. The molecule has 0 aromatic carbocycles. The maximum absolute atomic E-state index is 10.5. The van der Waals surface area contributed by atoms with Crippen molar-refractivity contribution in [1.82, 2.24) is 5.43 Å². The average Bonchev–Trinajstić information content (AvgIpc) is 2.39. The summed E-state index contributed by atoms with van der Waals surface area (Å²) in [6.07, 6.45) is 1.95. The highest BCUT2D eigenvalue weighted by atomic mass is 32.2. The summed E-state index contributed by atoms with van der Waals surface area (Å²) in [6, 6.07) is 0. The number of carbonyl (C=O) groups is 2. The van der Waals surface area contributed by atoms with Gasteiger partial charge < -0.3 is 15.3 Å². The van der Waals surface area contributed by atoms with Crippen LogP contribution in [0.5, 0.6) is 0 Å². The molecule has 0 atom stereocenters. The number of hydrogen-bond donors (Lipinski definition) is 5. The van der Waals surface area contributed by atoms with E-state index in [1.54, 1.807) is 19.3 Å². The monoisotopic (exact) mass is 414 g/mol. The fraction of sp³-hybridized carbons (Fsp3) is 0.800. The molecular weight excluding hydrogens is 384 g/mol. The van der Waals surface area contributed by atoms with E-state index >= 15 is 0 Å². The lowest BCUT2D eigenvalue weighted by molar-refractivity contribution is -0.140. The van der Waals surface area contributed by atoms with Gasteiger partial charge in [-0.1, -0.05) is 0 Å². The number of aliphatic hydroxyl groups is 1. The lowest BCUT2D eigenvalue weighted by Crippen LogP contribution is -2.34. The van der Waals surface area contributed by atoms with Crippen molar-refractivity contribution in [1.29, 1.82) is 0 Å². The number of nitrogens with one attached hydrogen (secondary N) is 1. The first-order chi connectivity index (χ1) is 10.8. The third-order valence-electron chi connectivity index (χ3n) is 1.24. The third-order valence-corrected chi connectivity index (χ3v) is 2.79. The minimum atomic E-state index is -3.23. The smallest absolute Gasteiger partial charge is 0.321 e. The van der Waals surface area contributed by atoms with Crippen LogP contribution in [-0.2, 0) is 34.0 Å². The van der Waals surface area contributed by atoms with E-state index in [4.69, 9.17) is 5.11 Å². The van der Waals surface area contributed by atoms with Crippen molar-refractivity contribution in [3.63, 3.8) is 0 Å². The average molecular weight is 415 g/mol. The molecule has 156 valence electrons. The Morgan fingerprint density at radius 1 is 1.00 bits per heavy atom. The lowest BCUT2D eigenvalue weighted by atomic mass is 10.8. The molecule has 0 spiro atoms. The second kappa shape index (κ2) is 20.7. The van der Waals surface area contributed by atoms with Crippen molar-refractivity contribution in [2.45, 2.75) is 13.8 Å². The zero-order valence-electron chi connectivity index (χ0n) is 14.7. The SMILES string of the molecule is CCO.CCOC(=O)CS(C)(=O)=O.CS(=O)(=O)CC(=O)NN.NN.O. The molecule has 0 bridgehead atoms. The molecular formula is C10H30N4O9S2. The molecule has 0 heterocycles. The van der Waals surface area contributed by atoms with E-state index in [2.05, 4.69) is 22.3 Å². The molecule has 13 nitrogen and oxygen atoms in total. The molecule has 0 aliphatic rings. The standard InChI is InChI=1S/C5H10O4S.C3H8N2O3S.C2H6O.H4N2.H2O/c1-3-9-5(6)4-10(2,7)8;1-9(7,8)2-3(6)5-4;1-2-3;1-2;/h3-4H2,1-2H3;2,4H2,1H3,(H,5,6);3H,2H2,1H3;1-2H2;1H2. The normalized spacial score (nSPS) is 9.28. The molecule has 0 saturated heterocycles. The predicted molar refractivity (Wildman–Crippen MR) is 93.1 cm³/mol. The van der Waals surface area contributed by atoms with Crippen molar-refractivity contribution in [2.24, 2.45) is 17.5 Å². The summed E-state index contributed by atoms with van der Waals surface area (Å²) in [5.74, 6) is 10.1. The number of ether oxygens (including phenoxy) is 1. The van der Waals surface area contributed by atoms with Crippen LogP contribution in [0.2, 0.25) is 0 Å². The first kappa shape index (κ1) is 34.9. The summed E-state index contributed by atoms with van der Waals surface area (Å²) in [7, 11) is -6.45. The highest BCUT2D eigenvalue weighted by Gasteiger charge is 2.10. The van der Waals surface area contributed by atoms with Crippen molar-refractivity contribution in [3.8, 4) is 0 Å². The van der Waals surface area contributed by atoms with Gasteiger partial charge in [0.05, 0.1) is 6.61 Å². The van der Waals surface area contributed by atoms with E-state index in [1.165, 1.54) is 0 Å². The summed E-state index contributed by atoms with van der Waals surface area (Å²) >= 11 is 0. The molecule has 25 heavy (non-hydrogen) atoms. The number of esters is 1. The first-order valence-electron chi connectivity index (χ1n) is 6.27. The Balaban J connectivity index is -0.0000000823. The molecule has 0 saturated carbocycles. The van der Waals surface area contributed by atoms with Crippen LogP contribution in [0.25, 0.3) is 0 Å². The maximum atomic E-state index is 10.5. The van der Waals surface area contributed by atoms with Crippen molar-refractivity contribution >= 4 is 31.6 Å². The second-order valence-corrected chi connectivity index (χ2v) is 8.11. The van der Waals surface area contributed by atoms with Gasteiger partial charge in [-0.2, -0.15) is 0 Å². The highest BCUT2D eigenvalue weighted by Crippen LogP contribution is 1.85. The van der Waals surface area contributed by atoms with E-state index in [0.717, 1.165) is 12.5 Å². The number of hydrogen-bond acceptors (Lipinski definition) is 11. The number of sulfone groups is 2. The molecule has 1 amide bonds. The Hall–Kier alpha value is -1.36. The third kappa shape index (κ3) is 51.8. The molecule has 0 aliphatic heterocycles. The maximum Gasteiger partial charge on any atom is 0.321 e. The topological polar surface area (TPSA) is 253 Å². The van der Waals surface area contributed by atoms with Crippen LogP contribution in [-0.4, -0.2) is 76.5 Å². The first-order valence-corrected chi connectivity index (χ1v) is 10.4. The van der Waals surface area contributed by atoms with E-state index in [-0.39, 0.29) is 18.7 Å². The van der Waals surface area contributed by atoms with Crippen LogP contribution in [0.3, 0.4) is 0 Å². The Morgan fingerprint density at radius 3 is 1.48 bits per heavy atom. The number of nitrogens with two attached hydrogens (primary N) is 3. The Labute approximate surface area is 148 Å². The van der Waals surface area contributed by atoms with Crippen LogP contribution in [0.4, 0.5) is 0 Å². The van der Waals surface area contributed by atoms with E-state index < -0.39 is 43.1 Å². The van der Waals surface area contributed by atoms with Crippen molar-refractivity contribution in [2.75, 3.05) is 37.2 Å². The minimum Gasteiger partial charge on any atom is -0.465 e. The fourth-order valence-corrected chi connectivity index (χ4v) is 1.77. The van der Waals surface area contributed by atoms with E-state index in [9.17, 15) is 26.4 Å². The molecule has 0 unspecified atom stereocenters. The number of carbonyl (C=O) groups excluding carboxylic acids is 2. The van der Waals surface area contributed by atoms with Gasteiger partial charge in [0, 0.05) is 19.1 Å². The van der Waals surface area contributed by atoms with Gasteiger partial charge in [-0.3, -0.25) is 26.7 Å². The van der Waals surface area contributed by atoms with Gasteiger partial charge in [-0.05, 0) is 13.8 Å². The molecule has 15 heteroatoms. The van der Waals surface area contributed by atoms with Crippen LogP contribution in [0.1, 0.15) is 13.8 Å². The fourth-order valence-electron chi connectivity index (χ4n) is 0.697. The summed E-state index contributed by atoms with van der Waals surface area (Å²) < 4.78 is 45.8. The molecule has 0 radical (unpaired) electrons. The Morgan fingerprint density at radius 2 is 1.32 bits per heavy atom. The zero-order chi connectivity index (χ0) is 20.4. The van der Waals surface area contributed by atoms with Crippen LogP contribution >= 0.6 is 0 Å². The Bertz CT molecular complexity index is 521. The summed E-state index contributed by atoms with van der Waals surface area (Å²) in [4.78, 5) is 20.7. The largest absolute Gasteiger partial charge is 0.465 e. The number of aliphatic hydroxyl groups excluding tert-OH is 1. The molecule has 0 fully saturated rings. The molecule has 0 aromatic rings. The van der Waals surface area contributed by atoms with Gasteiger partial charge in [-0.25, -0.2) is 22.7 Å². The number of hydrazine groups is 2. The number of amides is 1. The quantitative estimate of drug-likeness (QED) is 0.124. The summed E-state index contributed by atoms with van der Waals surface area (Å²) in [5, 5.41) is 7.57. The predicted octanol–water partition coefficient (Wildman–Crippen LogP) is -4.39. The van der Waals surface area contributed by atoms with E-state index in [0.29, 0.717) is 0 Å². The van der Waals surface area contributed by atoms with Gasteiger partial charge in [0.15, 0.2) is 19.7 Å². The van der Waals surface area contributed by atoms with Crippen molar-refractivity contribution < 1.29 is 41.7 Å². The molecule has 10 N–H and O–H groups in total. The van der Waals surface area contributed by atoms with Crippen LogP contribution in [0, 0.1) is 0 Å². The summed E-state index contributed by atoms with van der Waals surface area (Å²) in [5.41, 5.74) is 1.70. The minimum absolute atomic E-state index is 0. The van der Waals surface area contributed by atoms with Gasteiger partial charge >= 0.3 is 5.97 Å². The van der Waals surface area contributed by atoms with Crippen LogP contribution in [0.15, 0.2) is 0 Å². The van der Waals surface area contributed by atoms with Gasteiger partial charge in [-0.15, -0.1) is 0 Å². The molecule has 0 rings (SSSR count). The molecule has 0 aromatic heterocycles. The second-order valence-electron chi connectivity index (χ2n) is 3.83. The summed E-state index contributed by atoms with van der Waals surface area (Å²) in [6.45, 7) is 3.77. The lowest BCUT2D eigenvalue weighted by Gasteiger charge is -1.97. The Kier molecular flexibility index (Phi) is 28.9. The van der Waals surface area contributed by atoms with Gasteiger partial charge in [0.25, 0.3) is 0 Å². The molecule has 0 aliphatic carbocycles. The van der Waals surface area contributed by atoms with Gasteiger partial charge in [0.1, 0.15) is 11.5 Å². The van der Waals surface area contributed by atoms with E-state index in [1.807, 2.05) is 0 Å². The highest BCUT2D eigenvalue weighted by molar-refractivity contribution is 7.91. The zero-order valence-corrected chi connectivity index (χ0v) is 16.3.